The monoisotopic (exact) mass is 451 g/mol. The molecule has 1 aromatic heterocycles. The summed E-state index contributed by atoms with van der Waals surface area (Å²) in [6.45, 7) is 12.3. The van der Waals surface area contributed by atoms with Crippen LogP contribution in [0.1, 0.15) is 37.4 Å². The van der Waals surface area contributed by atoms with Gasteiger partial charge in [-0.3, -0.25) is 9.89 Å². The van der Waals surface area contributed by atoms with E-state index in [9.17, 15) is 0 Å². The smallest absolute Gasteiger partial charge is 0.191 e. The van der Waals surface area contributed by atoms with Crippen LogP contribution >= 0.6 is 35.3 Å². The third-order valence-corrected chi connectivity index (χ3v) is 5.18. The van der Waals surface area contributed by atoms with Gasteiger partial charge in [-0.15, -0.1) is 35.3 Å². The second-order valence-corrected chi connectivity index (χ2v) is 7.01. The SMILES string of the molecule is CCN(CC)C(N)=NCC1CCN(Cc2csc(C)n2)CC1.I. The van der Waals surface area contributed by atoms with Gasteiger partial charge in [0, 0.05) is 31.6 Å². The zero-order valence-electron chi connectivity index (χ0n) is 14.5. The molecule has 0 bridgehead atoms. The van der Waals surface area contributed by atoms with Crippen LogP contribution in [0.4, 0.5) is 0 Å². The van der Waals surface area contributed by atoms with Crippen molar-refractivity contribution in [2.75, 3.05) is 32.7 Å². The first kappa shape index (κ1) is 20.6. The minimum atomic E-state index is 0. The third-order valence-electron chi connectivity index (χ3n) is 4.36. The highest BCUT2D eigenvalue weighted by Gasteiger charge is 2.19. The zero-order chi connectivity index (χ0) is 15.9. The van der Waals surface area contributed by atoms with E-state index in [0.717, 1.165) is 44.3 Å². The summed E-state index contributed by atoms with van der Waals surface area (Å²) < 4.78 is 0. The number of piperidine rings is 1. The molecule has 0 atom stereocenters. The van der Waals surface area contributed by atoms with Gasteiger partial charge < -0.3 is 10.6 Å². The number of nitrogens with zero attached hydrogens (tertiary/aromatic N) is 4. The standard InChI is InChI=1S/C16H29N5S.HI/c1-4-21(5-2)16(17)18-10-14-6-8-20(9-7-14)11-15-12-22-13(3)19-15;/h12,14H,4-11H2,1-3H3,(H2,17,18);1H. The minimum absolute atomic E-state index is 0. The van der Waals surface area contributed by atoms with Gasteiger partial charge in [0.05, 0.1) is 10.7 Å². The fourth-order valence-electron chi connectivity index (χ4n) is 2.91. The van der Waals surface area contributed by atoms with Crippen molar-refractivity contribution in [3.8, 4) is 0 Å². The van der Waals surface area contributed by atoms with E-state index in [1.54, 1.807) is 11.3 Å². The molecule has 0 spiro atoms. The lowest BCUT2D eigenvalue weighted by Crippen LogP contribution is -2.38. The van der Waals surface area contributed by atoms with Crippen molar-refractivity contribution in [2.24, 2.45) is 16.6 Å². The van der Waals surface area contributed by atoms with E-state index in [1.165, 1.54) is 18.5 Å². The Morgan fingerprint density at radius 3 is 2.57 bits per heavy atom. The zero-order valence-corrected chi connectivity index (χ0v) is 17.6. The largest absolute Gasteiger partial charge is 0.370 e. The molecule has 0 saturated carbocycles. The van der Waals surface area contributed by atoms with Crippen molar-refractivity contribution in [1.82, 2.24) is 14.8 Å². The number of guanidine groups is 1. The Kier molecular flexibility index (Phi) is 9.38. The Labute approximate surface area is 161 Å². The molecule has 132 valence electrons. The van der Waals surface area contributed by atoms with Gasteiger partial charge in [-0.05, 0) is 52.6 Å². The van der Waals surface area contributed by atoms with E-state index in [2.05, 4.69) is 45.9 Å². The Bertz CT molecular complexity index is 479. The molecule has 0 aromatic carbocycles. The van der Waals surface area contributed by atoms with Gasteiger partial charge in [0.15, 0.2) is 5.96 Å². The molecule has 1 aromatic rings. The second-order valence-electron chi connectivity index (χ2n) is 5.95. The van der Waals surface area contributed by atoms with E-state index in [4.69, 9.17) is 5.73 Å². The summed E-state index contributed by atoms with van der Waals surface area (Å²) in [6.07, 6.45) is 2.41. The van der Waals surface area contributed by atoms with Crippen LogP contribution in [-0.2, 0) is 6.54 Å². The van der Waals surface area contributed by atoms with E-state index >= 15 is 0 Å². The van der Waals surface area contributed by atoms with E-state index in [-0.39, 0.29) is 24.0 Å². The molecule has 0 radical (unpaired) electrons. The van der Waals surface area contributed by atoms with E-state index < -0.39 is 0 Å². The van der Waals surface area contributed by atoms with Gasteiger partial charge >= 0.3 is 0 Å². The number of aryl methyl sites for hydroxylation is 1. The Morgan fingerprint density at radius 2 is 2.04 bits per heavy atom. The minimum Gasteiger partial charge on any atom is -0.370 e. The first-order valence-electron chi connectivity index (χ1n) is 8.30. The quantitative estimate of drug-likeness (QED) is 0.411. The van der Waals surface area contributed by atoms with Crippen molar-refractivity contribution in [3.05, 3.63) is 16.1 Å². The second kappa shape index (κ2) is 10.5. The lowest BCUT2D eigenvalue weighted by atomic mass is 9.97. The molecular weight excluding hydrogens is 421 g/mol. The predicted molar refractivity (Wildman–Crippen MR) is 110 cm³/mol. The van der Waals surface area contributed by atoms with Crippen molar-refractivity contribution in [3.63, 3.8) is 0 Å². The number of hydrogen-bond acceptors (Lipinski definition) is 4. The number of rotatable bonds is 6. The number of nitrogens with two attached hydrogens (primary N) is 1. The van der Waals surface area contributed by atoms with E-state index in [0.29, 0.717) is 11.9 Å². The van der Waals surface area contributed by atoms with Gasteiger partial charge in [0.1, 0.15) is 0 Å². The summed E-state index contributed by atoms with van der Waals surface area (Å²) in [5.41, 5.74) is 7.26. The average Bonchev–Trinajstić information content (AvgIpc) is 2.93. The summed E-state index contributed by atoms with van der Waals surface area (Å²) in [7, 11) is 0. The Balaban J connectivity index is 0.00000264. The molecular formula is C16H30IN5S. The molecule has 2 N–H and O–H groups in total. The molecule has 5 nitrogen and oxygen atoms in total. The molecule has 7 heteroatoms. The summed E-state index contributed by atoms with van der Waals surface area (Å²) in [6, 6.07) is 0. The molecule has 0 aliphatic carbocycles. The van der Waals surface area contributed by atoms with Gasteiger partial charge in [-0.1, -0.05) is 0 Å². The summed E-state index contributed by atoms with van der Waals surface area (Å²) >= 11 is 1.74. The molecule has 0 unspecified atom stereocenters. The van der Waals surface area contributed by atoms with Crippen LogP contribution in [0.2, 0.25) is 0 Å². The third kappa shape index (κ3) is 6.54. The predicted octanol–water partition coefficient (Wildman–Crippen LogP) is 2.94. The lowest BCUT2D eigenvalue weighted by Gasteiger charge is -2.31. The molecule has 23 heavy (non-hydrogen) atoms. The van der Waals surface area contributed by atoms with Crippen LogP contribution in [-0.4, -0.2) is 53.5 Å². The summed E-state index contributed by atoms with van der Waals surface area (Å²) in [5.74, 6) is 1.37. The molecule has 0 amide bonds. The maximum Gasteiger partial charge on any atom is 0.191 e. The Morgan fingerprint density at radius 1 is 1.39 bits per heavy atom. The average molecular weight is 451 g/mol. The first-order chi connectivity index (χ1) is 10.6. The van der Waals surface area contributed by atoms with Crippen molar-refractivity contribution in [2.45, 2.75) is 40.2 Å². The number of aliphatic imine (C=N–C) groups is 1. The lowest BCUT2D eigenvalue weighted by molar-refractivity contribution is 0.179. The first-order valence-corrected chi connectivity index (χ1v) is 9.18. The fourth-order valence-corrected chi connectivity index (χ4v) is 3.51. The van der Waals surface area contributed by atoms with E-state index in [1.807, 2.05) is 0 Å². The maximum absolute atomic E-state index is 6.05. The molecule has 2 rings (SSSR count). The number of aromatic nitrogens is 1. The van der Waals surface area contributed by atoms with Crippen molar-refractivity contribution < 1.29 is 0 Å². The summed E-state index contributed by atoms with van der Waals surface area (Å²) in [5, 5.41) is 3.34. The highest BCUT2D eigenvalue weighted by atomic mass is 127. The fraction of sp³-hybridized carbons (Fsp3) is 0.750. The van der Waals surface area contributed by atoms with Gasteiger partial charge in [0.2, 0.25) is 0 Å². The van der Waals surface area contributed by atoms with Crippen molar-refractivity contribution in [1.29, 1.82) is 0 Å². The maximum atomic E-state index is 6.05. The summed E-state index contributed by atoms with van der Waals surface area (Å²) in [4.78, 5) is 13.8. The number of halogens is 1. The number of hydrogen-bond donors (Lipinski definition) is 1. The van der Waals surface area contributed by atoms with Crippen molar-refractivity contribution >= 4 is 41.3 Å². The van der Waals surface area contributed by atoms with Gasteiger partial charge in [0.25, 0.3) is 0 Å². The molecule has 1 saturated heterocycles. The van der Waals surface area contributed by atoms with Crippen LogP contribution in [0.25, 0.3) is 0 Å². The molecule has 1 aliphatic rings. The van der Waals surface area contributed by atoms with Crippen LogP contribution in [0.5, 0.6) is 0 Å². The van der Waals surface area contributed by atoms with Crippen LogP contribution < -0.4 is 5.73 Å². The molecule has 2 heterocycles. The van der Waals surface area contributed by atoms with Gasteiger partial charge in [-0.2, -0.15) is 0 Å². The number of thiazole rings is 1. The highest BCUT2D eigenvalue weighted by Crippen LogP contribution is 2.20. The topological polar surface area (TPSA) is 57.8 Å². The normalized spacial score (nSPS) is 17.1. The van der Waals surface area contributed by atoms with Crippen LogP contribution in [0.15, 0.2) is 10.4 Å². The van der Waals surface area contributed by atoms with Crippen LogP contribution in [0, 0.1) is 12.8 Å². The molecule has 1 fully saturated rings. The number of likely N-dealkylation sites (tertiary alicyclic amines) is 1. The highest BCUT2D eigenvalue weighted by molar-refractivity contribution is 14.0. The Hall–Kier alpha value is -0.410. The van der Waals surface area contributed by atoms with Crippen LogP contribution in [0.3, 0.4) is 0 Å². The van der Waals surface area contributed by atoms with Gasteiger partial charge in [-0.25, -0.2) is 4.98 Å². The molecule has 1 aliphatic heterocycles.